The molecule has 0 aliphatic carbocycles. The number of unbranched alkanes of at least 4 members (excludes halogenated alkanes) is 3. The van der Waals surface area contributed by atoms with E-state index in [-0.39, 0.29) is 25.0 Å². The first-order chi connectivity index (χ1) is 19.8. The third-order valence-corrected chi connectivity index (χ3v) is 6.62. The van der Waals surface area contributed by atoms with Crippen molar-refractivity contribution >= 4 is 37.1 Å². The second-order valence-electron chi connectivity index (χ2n) is 9.33. The molecule has 5 atom stereocenters. The van der Waals surface area contributed by atoms with Crippen molar-refractivity contribution in [2.24, 2.45) is 4.99 Å². The van der Waals surface area contributed by atoms with Gasteiger partial charge in [0.05, 0.1) is 6.61 Å². The van der Waals surface area contributed by atoms with Gasteiger partial charge in [0, 0.05) is 38.3 Å². The zero-order chi connectivity index (χ0) is 30.6. The van der Waals surface area contributed by atoms with Crippen LogP contribution in [0.4, 0.5) is 0 Å². The molecule has 1 aliphatic heterocycles. The number of hydrogen-bond acceptors (Lipinski definition) is 13. The van der Waals surface area contributed by atoms with Crippen molar-refractivity contribution in [2.45, 2.75) is 62.9 Å². The van der Waals surface area contributed by atoms with Crippen LogP contribution in [0.5, 0.6) is 0 Å². The van der Waals surface area contributed by atoms with Crippen LogP contribution in [0, 0.1) is 0 Å². The van der Waals surface area contributed by atoms with Gasteiger partial charge in [0.25, 0.3) is 5.91 Å². The van der Waals surface area contributed by atoms with Gasteiger partial charge in [0.1, 0.15) is 24.4 Å². The van der Waals surface area contributed by atoms with Crippen molar-refractivity contribution in [1.29, 1.82) is 0 Å². The van der Waals surface area contributed by atoms with Crippen LogP contribution in [0.3, 0.4) is 0 Å². The average Bonchev–Trinajstić information content (AvgIpc) is 2.98. The third kappa shape index (κ3) is 14.4. The summed E-state index contributed by atoms with van der Waals surface area (Å²) in [6.07, 6.45) is -3.22. The molecule has 0 bridgehead atoms. The fourth-order valence-corrected chi connectivity index (χ4v) is 4.41. The van der Waals surface area contributed by atoms with Gasteiger partial charge in [-0.15, -0.1) is 0 Å². The van der Waals surface area contributed by atoms with Crippen LogP contribution < -0.4 is 10.4 Å². The van der Waals surface area contributed by atoms with Gasteiger partial charge in [-0.3, -0.25) is 9.69 Å². The number of amides is 1. The van der Waals surface area contributed by atoms with Gasteiger partial charge in [0.2, 0.25) is 0 Å². The molecular formula is C26H40N3O9S2Tc. The van der Waals surface area contributed by atoms with E-state index in [1.807, 2.05) is 17.0 Å². The second kappa shape index (κ2) is 22.6. The first kappa shape index (κ1) is 38.1. The van der Waals surface area contributed by atoms with Crippen LogP contribution in [-0.4, -0.2) is 119 Å². The standard InChI is InChI=1S/C26H43N3O8S2.O.Tc/c30-17-20-22(32)23(33)24(34)26(37-20)36-12-4-2-1-3-9-28-25(35)19-7-5-18(6-8-19)15-29(11-14-39)16-21(31)27-10-13-38;;/h5-8,20,22-24,26,30,32-34,38-39H,1-4,9-17H2,(H,27,31)(H,28,35);;/q;;+3/p-3/t20-,22+,23+,24-,26-;;/m1../s1/i;;1+1. The molecule has 1 heterocycles. The maximum atomic E-state index is 12.5. The van der Waals surface area contributed by atoms with E-state index < -0.39 is 37.3 Å². The van der Waals surface area contributed by atoms with Gasteiger partial charge in [0.15, 0.2) is 6.29 Å². The van der Waals surface area contributed by atoms with Gasteiger partial charge in [-0.1, -0.05) is 25.0 Å². The van der Waals surface area contributed by atoms with Crippen molar-refractivity contribution in [1.82, 2.24) is 10.2 Å². The average molecular weight is 702 g/mol. The summed E-state index contributed by atoms with van der Waals surface area (Å²) in [5.41, 5.74) is 1.52. The third-order valence-electron chi connectivity index (χ3n) is 6.26. The molecule has 1 saturated heterocycles. The number of nitrogens with zero attached hydrogens (tertiary/aromatic N) is 2. The van der Waals surface area contributed by atoms with Crippen molar-refractivity contribution in [3.63, 3.8) is 0 Å². The molecule has 0 radical (unpaired) electrons. The topological polar surface area (TPSA) is 184 Å². The van der Waals surface area contributed by atoms with Crippen molar-refractivity contribution in [3.05, 3.63) is 35.4 Å². The number of rotatable bonds is 18. The van der Waals surface area contributed by atoms with Crippen LogP contribution in [0.25, 0.3) is 0 Å². The second-order valence-corrected chi connectivity index (χ2v) is 10.1. The van der Waals surface area contributed by atoms with Crippen LogP contribution >= 0.6 is 0 Å². The Morgan fingerprint density at radius 1 is 1.05 bits per heavy atom. The molecule has 1 aromatic carbocycles. The molecule has 2 rings (SSSR count). The predicted molar refractivity (Wildman–Crippen MR) is 150 cm³/mol. The van der Waals surface area contributed by atoms with Crippen molar-refractivity contribution in [3.8, 4) is 0 Å². The molecule has 0 unspecified atom stereocenters. The molecule has 15 heteroatoms. The van der Waals surface area contributed by atoms with E-state index in [1.165, 1.54) is 0 Å². The summed E-state index contributed by atoms with van der Waals surface area (Å²) in [6.45, 7) is 1.97. The summed E-state index contributed by atoms with van der Waals surface area (Å²) in [5, 5.41) is 53.6. The first-order valence-electron chi connectivity index (χ1n) is 13.3. The Bertz CT molecular complexity index is 886. The molecule has 5 N–H and O–H groups in total. The Labute approximate surface area is 262 Å². The first-order valence-corrected chi connectivity index (χ1v) is 15.3. The summed E-state index contributed by atoms with van der Waals surface area (Å²) in [4.78, 5) is 18.3. The van der Waals surface area contributed by atoms with Crippen molar-refractivity contribution < 1.29 is 62.2 Å². The monoisotopic (exact) mass is 701 g/mol. The van der Waals surface area contributed by atoms with E-state index in [0.717, 1.165) is 43.7 Å². The predicted octanol–water partition coefficient (Wildman–Crippen LogP) is -1.67. The molecule has 1 aromatic rings. The van der Waals surface area contributed by atoms with Crippen LogP contribution in [0.15, 0.2) is 29.3 Å². The van der Waals surface area contributed by atoms with E-state index >= 15 is 0 Å². The Morgan fingerprint density at radius 2 is 1.73 bits per heavy atom. The summed E-state index contributed by atoms with van der Waals surface area (Å²) in [7, 11) is 0. The summed E-state index contributed by atoms with van der Waals surface area (Å²) in [5.74, 6) is 0.549. The zero-order valence-electron chi connectivity index (χ0n) is 22.8. The number of aliphatic imine (C=N–C) groups is 1. The minimum absolute atomic E-state index is 0.159. The summed E-state index contributed by atoms with van der Waals surface area (Å²) < 4.78 is 19.0. The Kier molecular flexibility index (Phi) is 20.9. The minimum atomic E-state index is -1.45. The quantitative estimate of drug-likeness (QED) is 0.0509. The number of ether oxygens (including phenoxy) is 2. The number of nitrogens with one attached hydrogen (secondary N) is 1. The molecule has 12 nitrogen and oxygen atoms in total. The molecule has 41 heavy (non-hydrogen) atoms. The molecule has 0 aromatic heterocycles. The molecule has 1 aliphatic rings. The molecule has 232 valence electrons. The SMILES string of the molecule is O=C(NCCCCCCO[C@@H]1O[C@H](CO)[C@H](O)[C@H](O)[C@H]1O)c1ccc(CN(CC[S-])CC([O-])=NCC[S-])cc1.[O]=[99Tc+3]. The van der Waals surface area contributed by atoms with E-state index in [1.54, 1.807) is 12.1 Å². The number of hydrogen-bond donors (Lipinski definition) is 5. The molecule has 1 amide bonds. The summed E-state index contributed by atoms with van der Waals surface area (Å²) in [6, 6.07) is 7.25. The number of aliphatic hydroxyl groups is 4. The molecule has 0 spiro atoms. The number of benzene rings is 1. The fraction of sp³-hybridized carbons (Fsp3) is 0.692. The van der Waals surface area contributed by atoms with Gasteiger partial charge in [-0.2, -0.15) is 11.5 Å². The summed E-state index contributed by atoms with van der Waals surface area (Å²) >= 11 is 10.8. The van der Waals surface area contributed by atoms with Gasteiger partial charge < -0.3 is 70.6 Å². The Hall–Kier alpha value is -0.971. The van der Waals surface area contributed by atoms with E-state index in [4.69, 9.17) is 38.2 Å². The normalized spacial score (nSPS) is 22.7. The van der Waals surface area contributed by atoms with Gasteiger partial charge in [-0.05, 0) is 43.0 Å². The van der Waals surface area contributed by atoms with Crippen LogP contribution in [-0.2, 0) is 63.6 Å². The molecular weight excluding hydrogens is 661 g/mol. The Morgan fingerprint density at radius 3 is 2.37 bits per heavy atom. The van der Waals surface area contributed by atoms with E-state index in [0.29, 0.717) is 49.7 Å². The van der Waals surface area contributed by atoms with Crippen LogP contribution in [0.2, 0.25) is 0 Å². The Balaban J connectivity index is 0.00000411. The number of carbonyl (C=O) groups is 1. The van der Waals surface area contributed by atoms with Gasteiger partial charge in [-0.25, -0.2) is 0 Å². The van der Waals surface area contributed by atoms with E-state index in [2.05, 4.69) is 10.3 Å². The van der Waals surface area contributed by atoms with Crippen LogP contribution in [0.1, 0.15) is 41.6 Å². The van der Waals surface area contributed by atoms with Crippen molar-refractivity contribution in [2.75, 3.05) is 50.9 Å². The van der Waals surface area contributed by atoms with E-state index in [9.17, 15) is 30.3 Å². The molecule has 0 saturated carbocycles. The number of aliphatic hydroxyl groups excluding tert-OH is 4. The number of carbonyl (C=O) groups excluding carboxylic acids is 1. The zero-order valence-corrected chi connectivity index (χ0v) is 26.3. The van der Waals surface area contributed by atoms with Gasteiger partial charge >= 0.3 is 22.4 Å². The fourth-order valence-electron chi connectivity index (χ4n) is 4.06. The molecule has 1 fully saturated rings. The maximum absolute atomic E-state index is 12.5.